The first-order chi connectivity index (χ1) is 22.8. The van der Waals surface area contributed by atoms with Crippen LogP contribution in [0.15, 0.2) is 212 Å². The molecule has 0 aliphatic carbocycles. The molecule has 232 valence electrons. The van der Waals surface area contributed by atoms with E-state index in [-0.39, 0.29) is 21.1 Å². The summed E-state index contributed by atoms with van der Waals surface area (Å²) in [6, 6.07) is 74.3. The van der Waals surface area contributed by atoms with Crippen molar-refractivity contribution in [3.8, 4) is 12.3 Å². The summed E-state index contributed by atoms with van der Waals surface area (Å²) >= 11 is 0. The van der Waals surface area contributed by atoms with Gasteiger partial charge in [0.1, 0.15) is 0 Å². The number of terminal acetylenes is 1. The molecule has 0 saturated carbocycles. The molecule has 0 nitrogen and oxygen atoms in total. The van der Waals surface area contributed by atoms with Crippen LogP contribution in [-0.4, -0.2) is 0 Å². The second-order valence-corrected chi connectivity index (χ2v) is 14.6. The van der Waals surface area contributed by atoms with Gasteiger partial charge in [-0.2, -0.15) is 0 Å². The van der Waals surface area contributed by atoms with E-state index in [1.807, 2.05) is 30.3 Å². The normalized spacial score (nSPS) is 9.89. The van der Waals surface area contributed by atoms with E-state index in [4.69, 9.17) is 6.42 Å². The van der Waals surface area contributed by atoms with Gasteiger partial charge < -0.3 is 0 Å². The van der Waals surface area contributed by atoms with Crippen molar-refractivity contribution in [1.29, 1.82) is 0 Å². The van der Waals surface area contributed by atoms with E-state index in [2.05, 4.69) is 188 Å². The predicted molar refractivity (Wildman–Crippen MR) is 205 cm³/mol. The number of hydrogen-bond acceptors (Lipinski definition) is 0. The monoisotopic (exact) mass is 821 g/mol. The molecule has 0 unspecified atom stereocenters. The molecule has 0 fully saturated rings. The molecule has 47 heavy (non-hydrogen) atoms. The van der Waals surface area contributed by atoms with Crippen molar-refractivity contribution in [3.63, 3.8) is 0 Å². The van der Waals surface area contributed by atoms with E-state index in [1.54, 1.807) is 0 Å². The van der Waals surface area contributed by atoms with E-state index < -0.39 is 15.8 Å². The summed E-state index contributed by atoms with van der Waals surface area (Å²) in [6.07, 6.45) is 5.10. The zero-order valence-electron chi connectivity index (χ0n) is 26.0. The van der Waals surface area contributed by atoms with Crippen LogP contribution in [0.25, 0.3) is 0 Å². The SMILES string of the molecule is C#Cc1ccccc1.[Pt].c1ccc(P(c2ccccc2)c2ccccc2)cc1.c1ccc(P(c2ccccc2)c2ccccc2)cc1. The van der Waals surface area contributed by atoms with E-state index in [1.165, 1.54) is 31.8 Å². The largest absolute Gasteiger partial charge is 0.115 e. The predicted octanol–water partition coefficient (Wildman–Crippen LogP) is 8.56. The molecule has 0 aliphatic rings. The zero-order chi connectivity index (χ0) is 31.7. The molecular formula is C44H36P2Pt. The van der Waals surface area contributed by atoms with Crippen LogP contribution in [0.2, 0.25) is 0 Å². The van der Waals surface area contributed by atoms with Crippen LogP contribution in [0.4, 0.5) is 0 Å². The van der Waals surface area contributed by atoms with Crippen LogP contribution in [-0.2, 0) is 21.1 Å². The minimum Gasteiger partial charge on any atom is -0.115 e. The summed E-state index contributed by atoms with van der Waals surface area (Å²) in [4.78, 5) is 0. The van der Waals surface area contributed by atoms with Crippen molar-refractivity contribution in [2.75, 3.05) is 0 Å². The zero-order valence-corrected chi connectivity index (χ0v) is 30.1. The van der Waals surface area contributed by atoms with Gasteiger partial charge in [0, 0.05) is 26.6 Å². The molecule has 0 amide bonds. The summed E-state index contributed by atoms with van der Waals surface area (Å²) in [6.45, 7) is 0. The van der Waals surface area contributed by atoms with Gasteiger partial charge >= 0.3 is 0 Å². The molecule has 0 atom stereocenters. The van der Waals surface area contributed by atoms with Crippen LogP contribution in [0.1, 0.15) is 5.56 Å². The van der Waals surface area contributed by atoms with Crippen molar-refractivity contribution in [3.05, 3.63) is 218 Å². The fraction of sp³-hybridized carbons (Fsp3) is 0. The van der Waals surface area contributed by atoms with Crippen molar-refractivity contribution in [2.45, 2.75) is 0 Å². The van der Waals surface area contributed by atoms with Crippen LogP contribution in [0.5, 0.6) is 0 Å². The summed E-state index contributed by atoms with van der Waals surface area (Å²) in [5.41, 5.74) is 0.938. The molecule has 0 N–H and O–H groups in total. The van der Waals surface area contributed by atoms with Crippen LogP contribution >= 0.6 is 15.8 Å². The average Bonchev–Trinajstić information content (AvgIpc) is 3.15. The number of benzene rings is 7. The summed E-state index contributed by atoms with van der Waals surface area (Å²) in [5.74, 6) is 2.53. The van der Waals surface area contributed by atoms with Gasteiger partial charge in [-0.15, -0.1) is 6.42 Å². The molecule has 7 aromatic carbocycles. The van der Waals surface area contributed by atoms with Gasteiger partial charge in [-0.1, -0.05) is 206 Å². The molecule has 3 heteroatoms. The maximum Gasteiger partial charge on any atom is 0.0242 e. The Bertz CT molecular complexity index is 1550. The minimum atomic E-state index is -0.446. The smallest absolute Gasteiger partial charge is 0.0242 e. The van der Waals surface area contributed by atoms with Gasteiger partial charge in [0.15, 0.2) is 0 Å². The third-order valence-electron chi connectivity index (χ3n) is 7.03. The van der Waals surface area contributed by atoms with Gasteiger partial charge in [0.2, 0.25) is 0 Å². The van der Waals surface area contributed by atoms with Crippen molar-refractivity contribution in [1.82, 2.24) is 0 Å². The first-order valence-corrected chi connectivity index (χ1v) is 17.9. The Balaban J connectivity index is 0.000000171. The third kappa shape index (κ3) is 10.9. The molecule has 0 saturated heterocycles. The average molecular weight is 822 g/mol. The van der Waals surface area contributed by atoms with Crippen LogP contribution in [0.3, 0.4) is 0 Å². The van der Waals surface area contributed by atoms with Crippen molar-refractivity contribution < 1.29 is 21.1 Å². The Kier molecular flexibility index (Phi) is 15.1. The maximum atomic E-state index is 5.10. The molecule has 0 spiro atoms. The molecule has 7 rings (SSSR count). The fourth-order valence-corrected chi connectivity index (χ4v) is 9.50. The first-order valence-electron chi connectivity index (χ1n) is 15.3. The molecule has 0 aromatic heterocycles. The molecule has 0 heterocycles. The second kappa shape index (κ2) is 20.0. The van der Waals surface area contributed by atoms with E-state index in [9.17, 15) is 0 Å². The minimum absolute atomic E-state index is 0. The summed E-state index contributed by atoms with van der Waals surface area (Å²) in [5, 5.41) is 8.39. The summed E-state index contributed by atoms with van der Waals surface area (Å²) < 4.78 is 0. The molecule has 0 bridgehead atoms. The van der Waals surface area contributed by atoms with E-state index in [0.29, 0.717) is 0 Å². The van der Waals surface area contributed by atoms with Crippen LogP contribution < -0.4 is 31.8 Å². The van der Waals surface area contributed by atoms with Gasteiger partial charge in [0.05, 0.1) is 0 Å². The van der Waals surface area contributed by atoms with Gasteiger partial charge in [-0.25, -0.2) is 0 Å². The quantitative estimate of drug-likeness (QED) is 0.117. The Morgan fingerprint density at radius 2 is 0.447 bits per heavy atom. The van der Waals surface area contributed by atoms with E-state index >= 15 is 0 Å². The molecule has 0 radical (unpaired) electrons. The Labute approximate surface area is 297 Å². The van der Waals surface area contributed by atoms with Crippen molar-refractivity contribution >= 4 is 47.7 Å². The number of rotatable bonds is 6. The first kappa shape index (κ1) is 35.5. The topological polar surface area (TPSA) is 0 Å². The second-order valence-electron chi connectivity index (χ2n) is 10.2. The van der Waals surface area contributed by atoms with Gasteiger partial charge in [-0.3, -0.25) is 0 Å². The van der Waals surface area contributed by atoms with Crippen LogP contribution in [0, 0.1) is 12.3 Å². The molecule has 0 aliphatic heterocycles. The summed E-state index contributed by atoms with van der Waals surface area (Å²) in [7, 11) is -0.892. The molecule has 7 aromatic rings. The maximum absolute atomic E-state index is 5.10. The standard InChI is InChI=1S/2C18H15P.C8H6.Pt/c2*1-4-10-16(11-5-1)19(17-12-6-2-7-13-17)18-14-8-3-9-15-18;1-2-8-6-4-3-5-7-8;/h2*1-15H;1,3-7H;. The fourth-order valence-electron chi connectivity index (χ4n) is 4.89. The van der Waals surface area contributed by atoms with Gasteiger partial charge in [0.25, 0.3) is 0 Å². The van der Waals surface area contributed by atoms with E-state index in [0.717, 1.165) is 5.56 Å². The Hall–Kier alpha value is -4.35. The van der Waals surface area contributed by atoms with Crippen molar-refractivity contribution in [2.24, 2.45) is 0 Å². The Morgan fingerprint density at radius 3 is 0.596 bits per heavy atom. The number of hydrogen-bond donors (Lipinski definition) is 0. The molecular weight excluding hydrogens is 786 g/mol. The third-order valence-corrected chi connectivity index (χ3v) is 11.9. The Morgan fingerprint density at radius 1 is 0.277 bits per heavy atom. The van der Waals surface area contributed by atoms with Gasteiger partial charge in [-0.05, 0) is 59.8 Å².